The molecule has 1 aliphatic rings. The molecule has 286 valence electrons. The number of anilines is 1. The number of ether oxygens (including phenoxy) is 2. The Labute approximate surface area is 303 Å². The van der Waals surface area contributed by atoms with Gasteiger partial charge in [0.25, 0.3) is 11.8 Å². The van der Waals surface area contributed by atoms with Crippen LogP contribution in [0.2, 0.25) is 0 Å². The molecule has 1 heterocycles. The maximum absolute atomic E-state index is 13.4. The van der Waals surface area contributed by atoms with Gasteiger partial charge in [-0.05, 0) is 56.2 Å². The molecule has 0 unspecified atom stereocenters. The predicted octanol–water partition coefficient (Wildman–Crippen LogP) is 1.41. The maximum atomic E-state index is 13.4. The molecule has 0 saturated heterocycles. The summed E-state index contributed by atoms with van der Waals surface area (Å²) in [5.74, 6) is -2.44. The number of hydrogen-bond donors (Lipinski definition) is 6. The number of hydrogen-bond acceptors (Lipinski definition) is 10. The zero-order valence-electron chi connectivity index (χ0n) is 30.0. The molecule has 0 radical (unpaired) electrons. The molecule has 0 spiro atoms. The average molecular weight is 730 g/mol. The number of carbonyl (C=O) groups is 8. The molecule has 0 fully saturated rings. The van der Waals surface area contributed by atoms with Gasteiger partial charge < -0.3 is 41.8 Å². The number of nitrogens with zero attached hydrogens (tertiary/aromatic N) is 1. The van der Waals surface area contributed by atoms with Crippen molar-refractivity contribution in [2.24, 2.45) is 11.7 Å². The van der Waals surface area contributed by atoms with Crippen LogP contribution in [0, 0.1) is 5.92 Å². The molecular formula is C35H51N7O10. The summed E-state index contributed by atoms with van der Waals surface area (Å²) in [4.78, 5) is 97.9. The van der Waals surface area contributed by atoms with Crippen molar-refractivity contribution in [1.82, 2.24) is 26.2 Å². The van der Waals surface area contributed by atoms with E-state index in [0.717, 1.165) is 4.90 Å². The van der Waals surface area contributed by atoms with Crippen LogP contribution in [0.25, 0.3) is 0 Å². The van der Waals surface area contributed by atoms with Gasteiger partial charge in [-0.15, -0.1) is 0 Å². The van der Waals surface area contributed by atoms with E-state index in [0.29, 0.717) is 43.4 Å². The number of unbranched alkanes of at least 4 members (excludes halogenated alkanes) is 2. The van der Waals surface area contributed by atoms with E-state index in [1.807, 2.05) is 0 Å². The first kappa shape index (κ1) is 42.8. The summed E-state index contributed by atoms with van der Waals surface area (Å²) in [5.41, 5.74) is 6.21. The van der Waals surface area contributed by atoms with Crippen LogP contribution in [0.1, 0.15) is 71.3 Å². The number of Topliss-reactive ketones (excluding diaryl/α,β-unsaturated/α-hetero) is 1. The summed E-state index contributed by atoms with van der Waals surface area (Å²) in [6.07, 6.45) is 4.32. The zero-order valence-corrected chi connectivity index (χ0v) is 30.0. The van der Waals surface area contributed by atoms with Gasteiger partial charge in [0.05, 0.1) is 13.2 Å². The Hall–Kier alpha value is -5.32. The van der Waals surface area contributed by atoms with Crippen molar-refractivity contribution < 1.29 is 47.8 Å². The zero-order chi connectivity index (χ0) is 38.5. The molecule has 17 nitrogen and oxygen atoms in total. The Morgan fingerprint density at radius 1 is 0.808 bits per heavy atom. The third-order valence-corrected chi connectivity index (χ3v) is 7.76. The molecular weight excluding hydrogens is 678 g/mol. The van der Waals surface area contributed by atoms with Crippen molar-refractivity contribution in [3.63, 3.8) is 0 Å². The van der Waals surface area contributed by atoms with Crippen molar-refractivity contribution in [2.75, 3.05) is 38.2 Å². The van der Waals surface area contributed by atoms with Crippen LogP contribution in [-0.2, 0) is 44.8 Å². The first-order valence-corrected chi connectivity index (χ1v) is 17.3. The number of nitrogens with one attached hydrogen (secondary N) is 5. The Morgan fingerprint density at radius 2 is 1.50 bits per heavy atom. The molecule has 8 amide bonds. The molecule has 17 heteroatoms. The second-order valence-corrected chi connectivity index (χ2v) is 12.5. The Balaban J connectivity index is 1.88. The molecule has 1 aromatic rings. The van der Waals surface area contributed by atoms with Gasteiger partial charge in [0.15, 0.2) is 0 Å². The summed E-state index contributed by atoms with van der Waals surface area (Å²) in [5, 5.41) is 13.2. The van der Waals surface area contributed by atoms with Crippen molar-refractivity contribution >= 4 is 53.1 Å². The fraction of sp³-hybridized carbons (Fsp3) is 0.543. The lowest BCUT2D eigenvalue weighted by Crippen LogP contribution is -2.54. The summed E-state index contributed by atoms with van der Waals surface area (Å²) in [6, 6.07) is 3.85. The van der Waals surface area contributed by atoms with Crippen LogP contribution in [0.15, 0.2) is 36.4 Å². The second-order valence-electron chi connectivity index (χ2n) is 12.5. The molecule has 2 atom stereocenters. The van der Waals surface area contributed by atoms with Gasteiger partial charge in [-0.1, -0.05) is 32.4 Å². The van der Waals surface area contributed by atoms with Crippen LogP contribution in [-0.4, -0.2) is 97.3 Å². The van der Waals surface area contributed by atoms with Crippen LogP contribution in [0.5, 0.6) is 0 Å². The number of primary amides is 1. The number of carbonyl (C=O) groups excluding carboxylic acids is 8. The SMILES string of the molecule is CC(=O)CCOCCNC(=O)OCc1ccc(NC(=O)[C@H](CCCNC(N)=O)NC(=O)[C@@H](NC(=O)CCCCCN2C(=O)C=CC2=O)C(C)C)cc1. The minimum atomic E-state index is -1.02. The molecule has 1 aliphatic heterocycles. The van der Waals surface area contributed by atoms with Gasteiger partial charge in [0, 0.05) is 50.3 Å². The van der Waals surface area contributed by atoms with Crippen LogP contribution in [0.3, 0.4) is 0 Å². The van der Waals surface area contributed by atoms with Crippen molar-refractivity contribution in [2.45, 2.75) is 84.4 Å². The summed E-state index contributed by atoms with van der Waals surface area (Å²) < 4.78 is 10.4. The van der Waals surface area contributed by atoms with Gasteiger partial charge >= 0.3 is 12.1 Å². The summed E-state index contributed by atoms with van der Waals surface area (Å²) in [7, 11) is 0. The Bertz CT molecular complexity index is 1410. The largest absolute Gasteiger partial charge is 0.445 e. The molecule has 7 N–H and O–H groups in total. The van der Waals surface area contributed by atoms with E-state index < -0.39 is 36.0 Å². The lowest BCUT2D eigenvalue weighted by Gasteiger charge is -2.25. The van der Waals surface area contributed by atoms with Crippen LogP contribution >= 0.6 is 0 Å². The summed E-state index contributed by atoms with van der Waals surface area (Å²) >= 11 is 0. The minimum absolute atomic E-state index is 0.0192. The third kappa shape index (κ3) is 17.1. The normalized spacial score (nSPS) is 13.3. The average Bonchev–Trinajstić information content (AvgIpc) is 3.41. The Morgan fingerprint density at radius 3 is 2.13 bits per heavy atom. The molecule has 2 rings (SSSR count). The van der Waals surface area contributed by atoms with Crippen molar-refractivity contribution in [3.05, 3.63) is 42.0 Å². The first-order valence-electron chi connectivity index (χ1n) is 17.3. The second kappa shape index (κ2) is 23.2. The minimum Gasteiger partial charge on any atom is -0.445 e. The number of imide groups is 1. The maximum Gasteiger partial charge on any atom is 0.407 e. The number of amides is 8. The number of rotatable bonds is 24. The predicted molar refractivity (Wildman–Crippen MR) is 189 cm³/mol. The van der Waals surface area contributed by atoms with E-state index >= 15 is 0 Å². The van der Waals surface area contributed by atoms with E-state index in [9.17, 15) is 38.4 Å². The molecule has 0 aromatic heterocycles. The number of ketones is 1. The van der Waals surface area contributed by atoms with Gasteiger partial charge in [0.2, 0.25) is 17.7 Å². The standard InChI is InChI=1S/C35H51N7O10/c1-23(2)31(41-28(44)9-5-4-6-19-42-29(45)14-15-30(42)46)33(48)40-27(8-7-17-37-34(36)49)32(47)39-26-12-10-25(11-13-26)22-52-35(50)38-18-21-51-20-16-24(3)43/h10-15,23,27,31H,4-9,16-22H2,1-3H3,(H,38,50)(H,39,47)(H,40,48)(H,41,44)(H3,36,37,49)/t27-,31-/m0/s1. The fourth-order valence-corrected chi connectivity index (χ4v) is 4.87. The fourth-order valence-electron chi connectivity index (χ4n) is 4.87. The van der Waals surface area contributed by atoms with Gasteiger partial charge in [0.1, 0.15) is 24.5 Å². The van der Waals surface area contributed by atoms with E-state index in [1.165, 1.54) is 19.1 Å². The highest BCUT2D eigenvalue weighted by Gasteiger charge is 2.29. The molecule has 52 heavy (non-hydrogen) atoms. The van der Waals surface area contributed by atoms with Crippen LogP contribution in [0.4, 0.5) is 15.3 Å². The van der Waals surface area contributed by atoms with E-state index in [4.69, 9.17) is 15.2 Å². The third-order valence-electron chi connectivity index (χ3n) is 7.76. The molecule has 0 aliphatic carbocycles. The van der Waals surface area contributed by atoms with E-state index in [1.54, 1.807) is 38.1 Å². The smallest absolute Gasteiger partial charge is 0.407 e. The van der Waals surface area contributed by atoms with E-state index in [-0.39, 0.29) is 81.7 Å². The van der Waals surface area contributed by atoms with Crippen molar-refractivity contribution in [1.29, 1.82) is 0 Å². The first-order chi connectivity index (χ1) is 24.8. The number of alkyl carbamates (subject to hydrolysis) is 1. The monoisotopic (exact) mass is 729 g/mol. The Kier molecular flexibility index (Phi) is 19.1. The molecule has 1 aromatic carbocycles. The van der Waals surface area contributed by atoms with E-state index in [2.05, 4.69) is 26.6 Å². The lowest BCUT2D eigenvalue weighted by atomic mass is 10.0. The molecule has 0 saturated carbocycles. The van der Waals surface area contributed by atoms with Crippen LogP contribution < -0.4 is 32.3 Å². The van der Waals surface area contributed by atoms with Gasteiger partial charge in [-0.3, -0.25) is 33.7 Å². The topological polar surface area (TPSA) is 244 Å². The number of nitrogens with two attached hydrogens (primary N) is 1. The quantitative estimate of drug-likeness (QED) is 0.0660. The highest BCUT2D eigenvalue weighted by molar-refractivity contribution is 6.12. The number of benzene rings is 1. The highest BCUT2D eigenvalue weighted by Crippen LogP contribution is 2.13. The summed E-state index contributed by atoms with van der Waals surface area (Å²) in [6.45, 7) is 6.13. The lowest BCUT2D eigenvalue weighted by molar-refractivity contribution is -0.137. The van der Waals surface area contributed by atoms with Crippen molar-refractivity contribution in [3.8, 4) is 0 Å². The highest BCUT2D eigenvalue weighted by atomic mass is 16.5. The molecule has 0 bridgehead atoms. The van der Waals surface area contributed by atoms with Gasteiger partial charge in [-0.25, -0.2) is 9.59 Å². The number of urea groups is 1. The van der Waals surface area contributed by atoms with Gasteiger partial charge in [-0.2, -0.15) is 0 Å².